The molecule has 0 aromatic heterocycles. The van der Waals surface area contributed by atoms with Crippen LogP contribution in [0.2, 0.25) is 5.02 Å². The van der Waals surface area contributed by atoms with Crippen molar-refractivity contribution < 1.29 is 13.2 Å². The molecule has 1 aliphatic rings. The minimum Gasteiger partial charge on any atom is -0.372 e. The molecule has 1 amide bonds. The normalized spacial score (nSPS) is 14.4. The van der Waals surface area contributed by atoms with Crippen LogP contribution in [0, 0.1) is 0 Å². The zero-order valence-electron chi connectivity index (χ0n) is 15.0. The lowest BCUT2D eigenvalue weighted by Crippen LogP contribution is -2.24. The van der Waals surface area contributed by atoms with Crippen molar-refractivity contribution in [1.82, 2.24) is 10.0 Å². The Morgan fingerprint density at radius 1 is 1.11 bits per heavy atom. The van der Waals surface area contributed by atoms with Gasteiger partial charge in [-0.1, -0.05) is 23.7 Å². The summed E-state index contributed by atoms with van der Waals surface area (Å²) in [5, 5.41) is 2.99. The maximum Gasteiger partial charge on any atom is 0.253 e. The predicted octanol–water partition coefficient (Wildman–Crippen LogP) is 2.78. The topological polar surface area (TPSA) is 78.5 Å². The molecule has 0 spiro atoms. The molecule has 1 fully saturated rings. The third-order valence-corrected chi connectivity index (χ3v) is 6.36. The molecule has 8 heteroatoms. The van der Waals surface area contributed by atoms with Crippen molar-refractivity contribution in [2.24, 2.45) is 0 Å². The van der Waals surface area contributed by atoms with Crippen LogP contribution in [0.25, 0.3) is 0 Å². The predicted molar refractivity (Wildman–Crippen MR) is 107 cm³/mol. The molecular formula is C19H22ClN3O3S. The average Bonchev–Trinajstić information content (AvgIpc) is 3.21. The van der Waals surface area contributed by atoms with E-state index >= 15 is 0 Å². The minimum absolute atomic E-state index is 0.00508. The van der Waals surface area contributed by atoms with Crippen LogP contribution in [-0.4, -0.2) is 34.5 Å². The van der Waals surface area contributed by atoms with Gasteiger partial charge in [-0.2, -0.15) is 0 Å². The first-order chi connectivity index (χ1) is 12.9. The number of hydrogen-bond acceptors (Lipinski definition) is 4. The Morgan fingerprint density at radius 3 is 2.41 bits per heavy atom. The van der Waals surface area contributed by atoms with Gasteiger partial charge in [-0.3, -0.25) is 4.79 Å². The number of sulfonamides is 1. The highest BCUT2D eigenvalue weighted by molar-refractivity contribution is 7.89. The van der Waals surface area contributed by atoms with Crippen molar-refractivity contribution in [3.63, 3.8) is 0 Å². The number of anilines is 1. The fraction of sp³-hybridized carbons (Fsp3) is 0.316. The Labute approximate surface area is 164 Å². The number of nitrogens with one attached hydrogen (secondary N) is 2. The molecule has 2 aromatic rings. The van der Waals surface area contributed by atoms with Gasteiger partial charge in [0.05, 0.1) is 15.5 Å². The third-order valence-electron chi connectivity index (χ3n) is 4.62. The molecule has 0 saturated carbocycles. The van der Waals surface area contributed by atoms with Gasteiger partial charge in [-0.25, -0.2) is 13.1 Å². The second kappa shape index (κ2) is 8.29. The van der Waals surface area contributed by atoms with Crippen LogP contribution in [0.4, 0.5) is 5.69 Å². The first-order valence-corrected chi connectivity index (χ1v) is 10.6. The lowest BCUT2D eigenvalue weighted by Gasteiger charge is -2.17. The number of nitrogens with zero attached hydrogens (tertiary/aromatic N) is 1. The van der Waals surface area contributed by atoms with Crippen molar-refractivity contribution in [2.75, 3.05) is 25.0 Å². The zero-order valence-corrected chi connectivity index (χ0v) is 16.6. The van der Waals surface area contributed by atoms with Crippen molar-refractivity contribution in [2.45, 2.75) is 24.3 Å². The van der Waals surface area contributed by atoms with Gasteiger partial charge in [0.1, 0.15) is 0 Å². The van der Waals surface area contributed by atoms with Crippen LogP contribution in [0.3, 0.4) is 0 Å². The van der Waals surface area contributed by atoms with Crippen molar-refractivity contribution in [3.05, 3.63) is 58.6 Å². The van der Waals surface area contributed by atoms with E-state index in [9.17, 15) is 13.2 Å². The molecule has 1 aliphatic heterocycles. The van der Waals surface area contributed by atoms with Crippen molar-refractivity contribution >= 4 is 33.2 Å². The quantitative estimate of drug-likeness (QED) is 0.771. The maximum atomic E-state index is 12.5. The molecule has 3 rings (SSSR count). The summed E-state index contributed by atoms with van der Waals surface area (Å²) in [5.41, 5.74) is 2.28. The average molecular weight is 408 g/mol. The second-order valence-electron chi connectivity index (χ2n) is 6.39. The fourth-order valence-electron chi connectivity index (χ4n) is 3.04. The maximum absolute atomic E-state index is 12.5. The Kier molecular flexibility index (Phi) is 6.04. The van der Waals surface area contributed by atoms with Gasteiger partial charge in [0, 0.05) is 25.3 Å². The summed E-state index contributed by atoms with van der Waals surface area (Å²) < 4.78 is 26.1. The Morgan fingerprint density at radius 2 is 1.78 bits per heavy atom. The van der Waals surface area contributed by atoms with E-state index in [4.69, 9.17) is 11.6 Å². The number of benzene rings is 2. The van der Waals surface area contributed by atoms with E-state index in [-0.39, 0.29) is 15.5 Å². The number of carbonyl (C=O) groups excluding carboxylic acids is 1. The van der Waals surface area contributed by atoms with Gasteiger partial charge in [-0.15, -0.1) is 0 Å². The molecule has 1 heterocycles. The standard InChI is InChI=1S/C19H22ClN3O3S/c1-21-27(25,26)16-8-9-18(20)17(12-16)19(24)22-13-14-4-6-15(7-5-14)23-10-2-3-11-23/h4-9,12,21H,2-3,10-11,13H2,1H3,(H,22,24). The van der Waals surface area contributed by atoms with E-state index in [1.807, 2.05) is 12.1 Å². The molecule has 144 valence electrons. The smallest absolute Gasteiger partial charge is 0.253 e. The summed E-state index contributed by atoms with van der Waals surface area (Å²) >= 11 is 6.08. The van der Waals surface area contributed by atoms with Gasteiger partial charge in [0.2, 0.25) is 10.0 Å². The summed E-state index contributed by atoms with van der Waals surface area (Å²) in [6.07, 6.45) is 2.45. The summed E-state index contributed by atoms with van der Waals surface area (Å²) in [6, 6.07) is 12.1. The van der Waals surface area contributed by atoms with Crippen molar-refractivity contribution in [1.29, 1.82) is 0 Å². The third kappa shape index (κ3) is 4.61. The Balaban J connectivity index is 1.68. The highest BCUT2D eigenvalue weighted by Gasteiger charge is 2.17. The molecule has 0 atom stereocenters. The van der Waals surface area contributed by atoms with E-state index in [0.29, 0.717) is 6.54 Å². The van der Waals surface area contributed by atoms with E-state index in [0.717, 1.165) is 18.7 Å². The van der Waals surface area contributed by atoms with Gasteiger partial charge >= 0.3 is 0 Å². The number of amides is 1. The van der Waals surface area contributed by atoms with Gasteiger partial charge in [-0.05, 0) is 55.8 Å². The van der Waals surface area contributed by atoms with Gasteiger partial charge in [0.25, 0.3) is 5.91 Å². The first-order valence-electron chi connectivity index (χ1n) is 8.76. The Hall–Kier alpha value is -2.09. The van der Waals surface area contributed by atoms with Crippen LogP contribution in [0.5, 0.6) is 0 Å². The molecule has 6 nitrogen and oxygen atoms in total. The monoisotopic (exact) mass is 407 g/mol. The summed E-state index contributed by atoms with van der Waals surface area (Å²) in [6.45, 7) is 2.50. The molecule has 0 unspecified atom stereocenters. The van der Waals surface area contributed by atoms with Crippen LogP contribution >= 0.6 is 11.6 Å². The lowest BCUT2D eigenvalue weighted by atomic mass is 10.1. The van der Waals surface area contributed by atoms with Gasteiger partial charge < -0.3 is 10.2 Å². The SMILES string of the molecule is CNS(=O)(=O)c1ccc(Cl)c(C(=O)NCc2ccc(N3CCCC3)cc2)c1. The first kappa shape index (κ1) is 19.7. The number of carbonyl (C=O) groups is 1. The molecule has 27 heavy (non-hydrogen) atoms. The van der Waals surface area contributed by atoms with Gasteiger partial charge in [0.15, 0.2) is 0 Å². The highest BCUT2D eigenvalue weighted by atomic mass is 35.5. The summed E-state index contributed by atoms with van der Waals surface area (Å²) in [4.78, 5) is 14.8. The summed E-state index contributed by atoms with van der Waals surface area (Å²) in [7, 11) is -2.33. The minimum atomic E-state index is -3.64. The lowest BCUT2D eigenvalue weighted by molar-refractivity contribution is 0.0951. The van der Waals surface area contributed by atoms with E-state index in [2.05, 4.69) is 27.1 Å². The molecule has 1 saturated heterocycles. The molecular weight excluding hydrogens is 386 g/mol. The fourth-order valence-corrected chi connectivity index (χ4v) is 4.00. The molecule has 2 aromatic carbocycles. The van der Waals surface area contributed by atoms with E-state index < -0.39 is 15.9 Å². The molecule has 0 bridgehead atoms. The van der Waals surface area contributed by atoms with E-state index in [1.165, 1.54) is 43.8 Å². The largest absolute Gasteiger partial charge is 0.372 e. The molecule has 2 N–H and O–H groups in total. The zero-order chi connectivity index (χ0) is 19.4. The van der Waals surface area contributed by atoms with Crippen LogP contribution < -0.4 is 14.9 Å². The van der Waals surface area contributed by atoms with E-state index in [1.54, 1.807) is 0 Å². The number of rotatable bonds is 6. The highest BCUT2D eigenvalue weighted by Crippen LogP contribution is 2.22. The van der Waals surface area contributed by atoms with Crippen molar-refractivity contribution in [3.8, 4) is 0 Å². The Bertz CT molecular complexity index is 924. The van der Waals surface area contributed by atoms with Crippen LogP contribution in [0.1, 0.15) is 28.8 Å². The number of hydrogen-bond donors (Lipinski definition) is 2. The number of halogens is 1. The summed E-state index contributed by atoms with van der Waals surface area (Å²) in [5.74, 6) is -0.420. The van der Waals surface area contributed by atoms with Crippen LogP contribution in [0.15, 0.2) is 47.4 Å². The second-order valence-corrected chi connectivity index (χ2v) is 8.69. The van der Waals surface area contributed by atoms with Crippen LogP contribution in [-0.2, 0) is 16.6 Å². The molecule has 0 radical (unpaired) electrons. The molecule has 0 aliphatic carbocycles.